The van der Waals surface area contributed by atoms with Crippen molar-refractivity contribution in [2.45, 2.75) is 89.8 Å². The summed E-state index contributed by atoms with van der Waals surface area (Å²) in [5.41, 5.74) is 1.04. The zero-order chi connectivity index (χ0) is 40.3. The van der Waals surface area contributed by atoms with E-state index in [1.807, 2.05) is 54.6 Å². The molecule has 0 radical (unpaired) electrons. The lowest BCUT2D eigenvalue weighted by Crippen LogP contribution is -2.67. The second-order valence-electron chi connectivity index (χ2n) is 18.8. The molecule has 7 nitrogen and oxygen atoms in total. The molecule has 3 saturated carbocycles. The van der Waals surface area contributed by atoms with Gasteiger partial charge in [0.05, 0.1) is 38.1 Å². The molecule has 58 heavy (non-hydrogen) atoms. The van der Waals surface area contributed by atoms with Crippen LogP contribution in [0, 0.1) is 33.5 Å². The van der Waals surface area contributed by atoms with Crippen molar-refractivity contribution in [2.75, 3.05) is 26.8 Å². The fourth-order valence-corrected chi connectivity index (χ4v) is 13.0. The second-order valence-corrected chi connectivity index (χ2v) is 18.8. The molecule has 304 valence electrons. The lowest BCUT2D eigenvalue weighted by atomic mass is 9.32. The van der Waals surface area contributed by atoms with E-state index in [0.29, 0.717) is 50.4 Å². The van der Waals surface area contributed by atoms with Gasteiger partial charge in [0.25, 0.3) is 0 Å². The van der Waals surface area contributed by atoms with E-state index in [1.54, 1.807) is 7.11 Å². The quantitative estimate of drug-likeness (QED) is 0.0923. The summed E-state index contributed by atoms with van der Waals surface area (Å²) in [6, 6.07) is 32.3. The molecule has 0 aliphatic heterocycles. The average molecular weight is 782 g/mol. The van der Waals surface area contributed by atoms with Crippen LogP contribution in [-0.2, 0) is 17.9 Å². The molecule has 1 unspecified atom stereocenters. The number of rotatable bonds is 13. The molecule has 2 bridgehead atoms. The van der Waals surface area contributed by atoms with Crippen LogP contribution in [0.3, 0.4) is 0 Å². The van der Waals surface area contributed by atoms with Gasteiger partial charge in [-0.05, 0) is 108 Å². The minimum atomic E-state index is -1.08. The molecule has 10 rings (SSSR count). The fourth-order valence-electron chi connectivity index (χ4n) is 13.0. The smallest absolute Gasteiger partial charge is 0.189 e. The number of nitrogens with zero attached hydrogens (tertiary/aromatic N) is 1. The summed E-state index contributed by atoms with van der Waals surface area (Å²) in [4.78, 5) is 17.3. The number of benzene rings is 4. The summed E-state index contributed by atoms with van der Waals surface area (Å²) >= 11 is 0. The number of Topliss-reactive ketones (excluding diaryl/α,β-unsaturated/α-hetero) is 1. The number of carbonyl (C=O) groups is 1. The predicted octanol–water partition coefficient (Wildman–Crippen LogP) is 8.70. The first-order chi connectivity index (χ1) is 27.9. The van der Waals surface area contributed by atoms with E-state index >= 15 is 4.79 Å². The Morgan fingerprint density at radius 2 is 1.55 bits per heavy atom. The van der Waals surface area contributed by atoms with Crippen LogP contribution in [0.4, 0.5) is 0 Å². The fraction of sp³-hybridized carbons (Fsp3) is 0.471. The molecular formula is C51H59NO6. The molecule has 0 aromatic heterocycles. The first-order valence-electron chi connectivity index (χ1n) is 21.5. The number of ether oxygens (including phenoxy) is 2. The minimum absolute atomic E-state index is 0.0222. The first-order valence-corrected chi connectivity index (χ1v) is 21.5. The van der Waals surface area contributed by atoms with Gasteiger partial charge in [0.2, 0.25) is 0 Å². The number of allylic oxidation sites excluding steroid dienone is 4. The zero-order valence-corrected chi connectivity index (χ0v) is 34.3. The van der Waals surface area contributed by atoms with E-state index in [9.17, 15) is 15.3 Å². The van der Waals surface area contributed by atoms with Crippen molar-refractivity contribution in [2.24, 2.45) is 33.5 Å². The Bertz CT molecular complexity index is 2210. The highest BCUT2D eigenvalue weighted by atomic mass is 16.5. The van der Waals surface area contributed by atoms with E-state index in [2.05, 4.69) is 79.4 Å². The van der Waals surface area contributed by atoms with Gasteiger partial charge in [-0.2, -0.15) is 0 Å². The normalized spacial score (nSPS) is 34.0. The molecule has 7 heteroatoms. The maximum absolute atomic E-state index is 15.0. The Morgan fingerprint density at radius 3 is 2.34 bits per heavy atom. The Hall–Kier alpha value is -4.11. The minimum Gasteiger partial charge on any atom is -0.497 e. The number of fused-ring (bicyclic) bond motifs is 2. The van der Waals surface area contributed by atoms with Crippen LogP contribution in [-0.4, -0.2) is 70.6 Å². The maximum atomic E-state index is 15.0. The third kappa shape index (κ3) is 6.23. The number of ketones is 1. The molecule has 0 amide bonds. The summed E-state index contributed by atoms with van der Waals surface area (Å²) in [6.45, 7) is 6.62. The van der Waals surface area contributed by atoms with Crippen LogP contribution < -0.4 is 4.74 Å². The molecule has 6 aliphatic carbocycles. The van der Waals surface area contributed by atoms with Gasteiger partial charge in [0.15, 0.2) is 5.78 Å². The van der Waals surface area contributed by atoms with E-state index in [4.69, 9.17) is 9.47 Å². The lowest BCUT2D eigenvalue weighted by molar-refractivity contribution is -0.177. The molecular weight excluding hydrogens is 723 g/mol. The first kappa shape index (κ1) is 39.4. The summed E-state index contributed by atoms with van der Waals surface area (Å²) in [6.07, 6.45) is 11.3. The number of methoxy groups -OCH3 is 1. The third-order valence-electron chi connectivity index (χ3n) is 16.0. The Labute approximate surface area is 343 Å². The maximum Gasteiger partial charge on any atom is 0.189 e. The number of carbonyl (C=O) groups excluding carboxylic acids is 1. The van der Waals surface area contributed by atoms with Crippen molar-refractivity contribution in [1.82, 2.24) is 4.90 Å². The van der Waals surface area contributed by atoms with Gasteiger partial charge in [-0.3, -0.25) is 9.69 Å². The van der Waals surface area contributed by atoms with Crippen molar-refractivity contribution < 1.29 is 29.6 Å². The topological polar surface area (TPSA) is 99.5 Å². The van der Waals surface area contributed by atoms with Crippen molar-refractivity contribution in [3.63, 3.8) is 0 Å². The van der Waals surface area contributed by atoms with Crippen molar-refractivity contribution in [3.8, 4) is 5.75 Å². The van der Waals surface area contributed by atoms with Gasteiger partial charge in [-0.25, -0.2) is 0 Å². The number of aliphatic hydroxyl groups is 3. The summed E-state index contributed by atoms with van der Waals surface area (Å²) < 4.78 is 11.5. The highest BCUT2D eigenvalue weighted by Crippen LogP contribution is 2.78. The van der Waals surface area contributed by atoms with Crippen LogP contribution in [0.1, 0.15) is 80.3 Å². The van der Waals surface area contributed by atoms with Crippen LogP contribution in [0.25, 0.3) is 10.8 Å². The summed E-state index contributed by atoms with van der Waals surface area (Å²) in [5, 5.41) is 38.4. The molecule has 0 heterocycles. The van der Waals surface area contributed by atoms with Crippen molar-refractivity contribution in [1.29, 1.82) is 0 Å². The van der Waals surface area contributed by atoms with Crippen molar-refractivity contribution in [3.05, 3.63) is 138 Å². The molecule has 6 aliphatic rings. The number of hydrogen-bond acceptors (Lipinski definition) is 7. The standard InChI is InChI=1S/C51H59NO6/c1-47-23-20-39(53)28-49(47)26-27-51(43(29-49)46(55)37-16-18-41(57-3)19-17-37)44(47)21-24-48(2)45(51)22-25-50(48,56)34-52(30-38-14-9-13-36-12-7-8-15-42(36)38)31-40(54)33-58-32-35-10-5-4-6-11-35/h4-19,26-27,29,39-40,44-45,53-54,56H,20-25,28,30-34H2,1-3H3/t39?,40-,44-,45-,47-,48+,49+,50-,51-/m1/s1. The molecule has 4 aromatic carbocycles. The monoisotopic (exact) mass is 781 g/mol. The Kier molecular flexibility index (Phi) is 10.1. The lowest BCUT2D eigenvalue weighted by Gasteiger charge is -2.71. The van der Waals surface area contributed by atoms with Crippen molar-refractivity contribution >= 4 is 16.6 Å². The largest absolute Gasteiger partial charge is 0.497 e. The summed E-state index contributed by atoms with van der Waals surface area (Å²) in [7, 11) is 1.63. The SMILES string of the molecule is COc1ccc(C(=O)C2=C[C@@]34C=C[C@@]25[C@@H]2CC[C@@](O)(CN(Cc6cccc7ccccc67)C[C@@H](O)COCc6ccccc6)[C@@]2(C)CC[C@@H]5[C@@]3(C)CCC(O)C4)cc1. The number of hydrogen-bond donors (Lipinski definition) is 3. The van der Waals surface area contributed by atoms with Gasteiger partial charge in [-0.15, -0.1) is 0 Å². The molecule has 3 N–H and O–H groups in total. The molecule has 0 saturated heterocycles. The predicted molar refractivity (Wildman–Crippen MR) is 227 cm³/mol. The van der Waals surface area contributed by atoms with Crippen LogP contribution in [0.5, 0.6) is 5.75 Å². The summed E-state index contributed by atoms with van der Waals surface area (Å²) in [5.74, 6) is 0.971. The number of aliphatic hydroxyl groups excluding tert-OH is 2. The Balaban J connectivity index is 1.06. The van der Waals surface area contributed by atoms with E-state index < -0.39 is 34.1 Å². The van der Waals surface area contributed by atoms with Gasteiger partial charge in [0, 0.05) is 47.0 Å². The molecule has 4 aromatic rings. The van der Waals surface area contributed by atoms with E-state index in [0.717, 1.165) is 54.2 Å². The third-order valence-corrected chi connectivity index (χ3v) is 16.0. The van der Waals surface area contributed by atoms with E-state index in [1.165, 1.54) is 5.39 Å². The second kappa shape index (κ2) is 14.9. The van der Waals surface area contributed by atoms with E-state index in [-0.39, 0.29) is 29.6 Å². The van der Waals surface area contributed by atoms with Gasteiger partial charge >= 0.3 is 0 Å². The Morgan fingerprint density at radius 1 is 0.845 bits per heavy atom. The van der Waals surface area contributed by atoms with Crippen LogP contribution in [0.15, 0.2) is 121 Å². The molecule has 3 fully saturated rings. The molecule has 2 spiro atoms. The highest BCUT2D eigenvalue weighted by molar-refractivity contribution is 6.10. The van der Waals surface area contributed by atoms with Gasteiger partial charge in [-0.1, -0.05) is 105 Å². The average Bonchev–Trinajstić information content (AvgIpc) is 3.50. The zero-order valence-electron chi connectivity index (χ0n) is 34.3. The van der Waals surface area contributed by atoms with Gasteiger partial charge < -0.3 is 24.8 Å². The highest BCUT2D eigenvalue weighted by Gasteiger charge is 2.74. The van der Waals surface area contributed by atoms with Crippen LogP contribution in [0.2, 0.25) is 0 Å². The van der Waals surface area contributed by atoms with Crippen LogP contribution >= 0.6 is 0 Å². The molecule has 9 atom stereocenters. The van der Waals surface area contributed by atoms with Gasteiger partial charge in [0.1, 0.15) is 5.75 Å².